The molecule has 0 unspecified atom stereocenters. The van der Waals surface area contributed by atoms with Crippen molar-refractivity contribution in [1.29, 1.82) is 0 Å². The Morgan fingerprint density at radius 2 is 1.73 bits per heavy atom. The zero-order chi connectivity index (χ0) is 21.7. The van der Waals surface area contributed by atoms with Crippen molar-refractivity contribution >= 4 is 48.3 Å². The van der Waals surface area contributed by atoms with Crippen molar-refractivity contribution in [2.75, 3.05) is 31.0 Å². The van der Waals surface area contributed by atoms with Crippen molar-refractivity contribution in [2.24, 2.45) is 0 Å². The predicted molar refractivity (Wildman–Crippen MR) is 112 cm³/mol. The van der Waals surface area contributed by atoms with Gasteiger partial charge in [0.1, 0.15) is 11.2 Å². The lowest BCUT2D eigenvalue weighted by Crippen LogP contribution is -2.22. The quantitative estimate of drug-likeness (QED) is 0.483. The van der Waals surface area contributed by atoms with E-state index in [0.717, 1.165) is 23.4 Å². The smallest absolute Gasteiger partial charge is 0.242 e. The Bertz CT molecular complexity index is 1310. The van der Waals surface area contributed by atoms with Gasteiger partial charge in [-0.2, -0.15) is 15.1 Å². The van der Waals surface area contributed by atoms with Crippen LogP contribution in [0.4, 0.5) is 17.5 Å². The van der Waals surface area contributed by atoms with Gasteiger partial charge in [0.2, 0.25) is 16.0 Å². The van der Waals surface area contributed by atoms with E-state index >= 15 is 0 Å². The summed E-state index contributed by atoms with van der Waals surface area (Å²) in [5.41, 5.74) is 0.857. The lowest BCUT2D eigenvalue weighted by atomic mass is 10.3. The van der Waals surface area contributed by atoms with E-state index in [1.54, 1.807) is 12.1 Å². The van der Waals surface area contributed by atoms with Gasteiger partial charge in [0, 0.05) is 32.1 Å². The fourth-order valence-corrected chi connectivity index (χ4v) is 4.48. The molecule has 0 radical (unpaired) electrons. The van der Waals surface area contributed by atoms with E-state index in [9.17, 15) is 16.8 Å². The molecule has 2 heterocycles. The first-order valence-corrected chi connectivity index (χ1v) is 12.4. The van der Waals surface area contributed by atoms with Gasteiger partial charge in [0.15, 0.2) is 20.5 Å². The highest BCUT2D eigenvalue weighted by Gasteiger charge is 2.27. The Morgan fingerprint density at radius 3 is 2.30 bits per heavy atom. The minimum absolute atomic E-state index is 0.106. The van der Waals surface area contributed by atoms with Gasteiger partial charge in [-0.15, -0.1) is 0 Å². The molecular formula is C17H21N7O4S2. The van der Waals surface area contributed by atoms with Gasteiger partial charge in [-0.1, -0.05) is 0 Å². The first-order chi connectivity index (χ1) is 14.1. The molecule has 1 fully saturated rings. The molecule has 0 amide bonds. The highest BCUT2D eigenvalue weighted by molar-refractivity contribution is 7.90. The molecule has 0 bridgehead atoms. The number of anilines is 3. The molecule has 11 nitrogen and oxygen atoms in total. The van der Waals surface area contributed by atoms with Crippen molar-refractivity contribution in [3.05, 3.63) is 24.3 Å². The first-order valence-electron chi connectivity index (χ1n) is 9.08. The minimum atomic E-state index is -3.57. The standard InChI is InChI=1S/C17H21N7O4S2/c1-24(2)30(27,28)12-8-6-11(7-9-12)19-17-20-14(18-10-4-5-10)13-15(21-17)22-23-16(13)29(3,25)26/h6-10H,4-5H2,1-3H3,(H3,18,19,20,21,22,23). The topological polar surface area (TPSA) is 150 Å². The molecule has 1 saturated carbocycles. The maximum Gasteiger partial charge on any atom is 0.242 e. The molecule has 3 N–H and O–H groups in total. The number of fused-ring (bicyclic) bond motifs is 1. The molecule has 0 spiro atoms. The maximum atomic E-state index is 12.2. The molecule has 160 valence electrons. The van der Waals surface area contributed by atoms with Crippen LogP contribution in [0, 0.1) is 0 Å². The normalized spacial score (nSPS) is 14.9. The Balaban J connectivity index is 1.70. The van der Waals surface area contributed by atoms with E-state index in [1.165, 1.54) is 26.2 Å². The summed E-state index contributed by atoms with van der Waals surface area (Å²) in [4.78, 5) is 8.92. The van der Waals surface area contributed by atoms with Gasteiger partial charge in [0.25, 0.3) is 0 Å². The van der Waals surface area contributed by atoms with Gasteiger partial charge in [-0.25, -0.2) is 21.1 Å². The molecule has 3 aromatic rings. The van der Waals surface area contributed by atoms with Gasteiger partial charge >= 0.3 is 0 Å². The third kappa shape index (κ3) is 3.95. The SMILES string of the molecule is CN(C)S(=O)(=O)c1ccc(Nc2nc(NC3CC3)c3c(S(C)(=O)=O)n[nH]c3n2)cc1. The maximum absolute atomic E-state index is 12.2. The average molecular weight is 452 g/mol. The molecule has 1 aromatic carbocycles. The Labute approximate surface area is 173 Å². The summed E-state index contributed by atoms with van der Waals surface area (Å²) in [7, 11) is -4.16. The van der Waals surface area contributed by atoms with E-state index in [0.29, 0.717) is 16.9 Å². The van der Waals surface area contributed by atoms with Crippen LogP contribution in [0.15, 0.2) is 34.2 Å². The summed E-state index contributed by atoms with van der Waals surface area (Å²) in [6.07, 6.45) is 3.03. The number of aromatic amines is 1. The Hall–Kier alpha value is -2.77. The van der Waals surface area contributed by atoms with Crippen molar-refractivity contribution in [2.45, 2.75) is 28.8 Å². The van der Waals surface area contributed by atoms with Crippen LogP contribution in [0.3, 0.4) is 0 Å². The fraction of sp³-hybridized carbons (Fsp3) is 0.353. The number of rotatable bonds is 7. The molecule has 30 heavy (non-hydrogen) atoms. The summed E-state index contributed by atoms with van der Waals surface area (Å²) in [6, 6.07) is 6.41. The highest BCUT2D eigenvalue weighted by atomic mass is 32.2. The number of nitrogens with zero attached hydrogens (tertiary/aromatic N) is 4. The highest BCUT2D eigenvalue weighted by Crippen LogP contribution is 2.32. The van der Waals surface area contributed by atoms with Crippen LogP contribution in [0.25, 0.3) is 11.0 Å². The van der Waals surface area contributed by atoms with Crippen molar-refractivity contribution in [1.82, 2.24) is 24.5 Å². The first kappa shape index (κ1) is 20.5. The molecule has 0 saturated heterocycles. The molecule has 13 heteroatoms. The molecule has 0 atom stereocenters. The number of hydrogen-bond donors (Lipinski definition) is 3. The van der Waals surface area contributed by atoms with Gasteiger partial charge < -0.3 is 10.6 Å². The predicted octanol–water partition coefficient (Wildman–Crippen LogP) is 1.32. The second-order valence-electron chi connectivity index (χ2n) is 7.28. The largest absolute Gasteiger partial charge is 0.367 e. The molecule has 2 aromatic heterocycles. The van der Waals surface area contributed by atoms with Crippen LogP contribution >= 0.6 is 0 Å². The second kappa shape index (κ2) is 7.18. The molecule has 1 aliphatic carbocycles. The second-order valence-corrected chi connectivity index (χ2v) is 11.4. The van der Waals surface area contributed by atoms with Crippen LogP contribution in [0.2, 0.25) is 0 Å². The molecule has 0 aliphatic heterocycles. The van der Waals surface area contributed by atoms with Gasteiger partial charge in [-0.3, -0.25) is 5.10 Å². The summed E-state index contributed by atoms with van der Waals surface area (Å²) < 4.78 is 49.7. The number of benzene rings is 1. The Morgan fingerprint density at radius 1 is 1.07 bits per heavy atom. The van der Waals surface area contributed by atoms with Crippen molar-refractivity contribution in [3.8, 4) is 0 Å². The van der Waals surface area contributed by atoms with Gasteiger partial charge in [-0.05, 0) is 37.1 Å². The molecule has 4 rings (SSSR count). The number of sulfonamides is 1. The van der Waals surface area contributed by atoms with E-state index in [4.69, 9.17) is 0 Å². The van der Waals surface area contributed by atoms with Crippen LogP contribution in [0.5, 0.6) is 0 Å². The van der Waals surface area contributed by atoms with E-state index in [-0.39, 0.29) is 27.6 Å². The monoisotopic (exact) mass is 451 g/mol. The lowest BCUT2D eigenvalue weighted by molar-refractivity contribution is 0.521. The van der Waals surface area contributed by atoms with Gasteiger partial charge in [0.05, 0.1) is 4.90 Å². The zero-order valence-corrected chi connectivity index (χ0v) is 18.2. The van der Waals surface area contributed by atoms with Crippen molar-refractivity contribution < 1.29 is 16.8 Å². The van der Waals surface area contributed by atoms with Crippen molar-refractivity contribution in [3.63, 3.8) is 0 Å². The number of sulfone groups is 1. The lowest BCUT2D eigenvalue weighted by Gasteiger charge is -2.12. The summed E-state index contributed by atoms with van der Waals surface area (Å²) >= 11 is 0. The molecule has 1 aliphatic rings. The summed E-state index contributed by atoms with van der Waals surface area (Å²) in [5.74, 6) is 0.601. The third-order valence-electron chi connectivity index (χ3n) is 4.54. The number of hydrogen-bond acceptors (Lipinski definition) is 9. The minimum Gasteiger partial charge on any atom is -0.367 e. The zero-order valence-electron chi connectivity index (χ0n) is 16.5. The summed E-state index contributed by atoms with van der Waals surface area (Å²) in [5, 5.41) is 13.0. The number of nitrogens with one attached hydrogen (secondary N) is 3. The average Bonchev–Trinajstić information content (AvgIpc) is 3.36. The van der Waals surface area contributed by atoms with Crippen LogP contribution in [-0.4, -0.2) is 67.7 Å². The fourth-order valence-electron chi connectivity index (χ4n) is 2.80. The van der Waals surface area contributed by atoms with E-state index in [2.05, 4.69) is 30.8 Å². The summed E-state index contributed by atoms with van der Waals surface area (Å²) in [6.45, 7) is 0. The van der Waals surface area contributed by atoms with Crippen LogP contribution < -0.4 is 10.6 Å². The number of aromatic nitrogens is 4. The third-order valence-corrected chi connectivity index (χ3v) is 7.37. The van der Waals surface area contributed by atoms with Crippen LogP contribution in [0.1, 0.15) is 12.8 Å². The Kier molecular flexibility index (Phi) is 4.91. The van der Waals surface area contributed by atoms with E-state index < -0.39 is 19.9 Å². The van der Waals surface area contributed by atoms with Crippen LogP contribution in [-0.2, 0) is 19.9 Å². The number of H-pyrrole nitrogens is 1. The molecular weight excluding hydrogens is 430 g/mol. The van der Waals surface area contributed by atoms with E-state index in [1.807, 2.05) is 0 Å².